The molecule has 0 aliphatic carbocycles. The highest BCUT2D eigenvalue weighted by molar-refractivity contribution is 6.06. The summed E-state index contributed by atoms with van der Waals surface area (Å²) in [7, 11) is 0. The molecule has 0 saturated heterocycles. The Morgan fingerprint density at radius 1 is 1.19 bits per heavy atom. The summed E-state index contributed by atoms with van der Waals surface area (Å²) in [6.07, 6.45) is 3.49. The van der Waals surface area contributed by atoms with Crippen molar-refractivity contribution in [3.63, 3.8) is 0 Å². The number of nitrogens with one attached hydrogen (secondary N) is 2. The van der Waals surface area contributed by atoms with Gasteiger partial charge in [-0.1, -0.05) is 18.2 Å². The molecule has 32 heavy (non-hydrogen) atoms. The van der Waals surface area contributed by atoms with Gasteiger partial charge >= 0.3 is 0 Å². The molecule has 10 heteroatoms. The lowest BCUT2D eigenvalue weighted by atomic mass is 10.1. The fourth-order valence-electron chi connectivity index (χ4n) is 3.99. The van der Waals surface area contributed by atoms with Crippen LogP contribution >= 0.6 is 0 Å². The van der Waals surface area contributed by atoms with Gasteiger partial charge in [-0.15, -0.1) is 0 Å². The number of nitrogen functional groups attached to an aromatic ring is 1. The predicted molar refractivity (Wildman–Crippen MR) is 119 cm³/mol. The van der Waals surface area contributed by atoms with E-state index in [0.717, 1.165) is 0 Å². The van der Waals surface area contributed by atoms with E-state index in [1.807, 2.05) is 13.0 Å². The van der Waals surface area contributed by atoms with Crippen LogP contribution in [0.1, 0.15) is 35.4 Å². The molecule has 1 atom stereocenters. The molecule has 0 fully saturated rings. The Morgan fingerprint density at radius 3 is 2.75 bits per heavy atom. The third kappa shape index (κ3) is 3.16. The molecule has 0 bridgehead atoms. The molecule has 1 aliphatic rings. The van der Waals surface area contributed by atoms with Gasteiger partial charge in [0.25, 0.3) is 5.56 Å². The first kappa shape index (κ1) is 19.7. The number of rotatable bonds is 4. The largest absolute Gasteiger partial charge is 0.369 e. The molecule has 0 saturated carbocycles. The topological polar surface area (TPSA) is 119 Å². The molecule has 4 N–H and O–H groups in total. The van der Waals surface area contributed by atoms with E-state index in [1.165, 1.54) is 21.2 Å². The van der Waals surface area contributed by atoms with Gasteiger partial charge in [0.2, 0.25) is 5.95 Å². The number of aromatic nitrogens is 4. The molecular formula is C22H20FN7O2. The number of Topliss-reactive ketones (excluding diaryl/α,β-unsaturated/α-hetero) is 1. The molecule has 162 valence electrons. The number of hydrogen-bond acceptors (Lipinski definition) is 7. The van der Waals surface area contributed by atoms with Gasteiger partial charge in [-0.25, -0.2) is 4.39 Å². The minimum Gasteiger partial charge on any atom is -0.369 e. The molecule has 0 spiro atoms. The van der Waals surface area contributed by atoms with Gasteiger partial charge in [0, 0.05) is 31.0 Å². The number of nitrogens with two attached hydrogens (primary N) is 1. The summed E-state index contributed by atoms with van der Waals surface area (Å²) in [5.74, 6) is -0.0168. The summed E-state index contributed by atoms with van der Waals surface area (Å²) in [5.41, 5.74) is 6.78. The van der Waals surface area contributed by atoms with Crippen molar-refractivity contribution in [1.82, 2.24) is 18.9 Å². The number of ketones is 1. The van der Waals surface area contributed by atoms with E-state index in [2.05, 4.69) is 20.6 Å². The zero-order valence-corrected chi connectivity index (χ0v) is 17.2. The summed E-state index contributed by atoms with van der Waals surface area (Å²) in [6, 6.07) is 9.73. The molecule has 4 heterocycles. The Hall–Kier alpha value is -4.21. The first-order valence-electron chi connectivity index (χ1n) is 10.1. The van der Waals surface area contributed by atoms with Gasteiger partial charge in [-0.3, -0.25) is 14.2 Å². The number of carbonyl (C=O) groups excluding carboxylic acids is 1. The van der Waals surface area contributed by atoms with Crippen molar-refractivity contribution in [2.75, 3.05) is 22.9 Å². The minimum atomic E-state index is -0.596. The molecule has 0 radical (unpaired) electrons. The third-order valence-electron chi connectivity index (χ3n) is 5.46. The summed E-state index contributed by atoms with van der Waals surface area (Å²) in [6.45, 7) is 2.30. The van der Waals surface area contributed by atoms with E-state index in [9.17, 15) is 14.0 Å². The average Bonchev–Trinajstić information content (AvgIpc) is 3.15. The van der Waals surface area contributed by atoms with Crippen molar-refractivity contribution in [1.29, 1.82) is 0 Å². The maximum atomic E-state index is 14.3. The number of para-hydroxylation sites is 1. The molecule has 0 amide bonds. The summed E-state index contributed by atoms with van der Waals surface area (Å²) < 4.78 is 17.2. The van der Waals surface area contributed by atoms with Crippen LogP contribution in [0.25, 0.3) is 11.2 Å². The number of carbonyl (C=O) groups is 1. The molecule has 3 aromatic heterocycles. The van der Waals surface area contributed by atoms with Crippen LogP contribution in [0.5, 0.6) is 0 Å². The van der Waals surface area contributed by atoms with Crippen LogP contribution in [0, 0.1) is 5.82 Å². The van der Waals surface area contributed by atoms with E-state index >= 15 is 0 Å². The highest BCUT2D eigenvalue weighted by atomic mass is 19.1. The van der Waals surface area contributed by atoms with E-state index in [1.54, 1.807) is 30.5 Å². The lowest BCUT2D eigenvalue weighted by molar-refractivity contribution is 0.0984. The second-order valence-corrected chi connectivity index (χ2v) is 7.57. The minimum absolute atomic E-state index is 0.0176. The van der Waals surface area contributed by atoms with Gasteiger partial charge in [0.15, 0.2) is 11.6 Å². The Bertz CT molecular complexity index is 1410. The van der Waals surface area contributed by atoms with Crippen LogP contribution in [-0.4, -0.2) is 31.3 Å². The van der Waals surface area contributed by atoms with Crippen LogP contribution in [0.15, 0.2) is 53.6 Å². The second kappa shape index (κ2) is 7.49. The average molecular weight is 433 g/mol. The first-order valence-corrected chi connectivity index (χ1v) is 10.1. The highest BCUT2D eigenvalue weighted by Crippen LogP contribution is 2.30. The van der Waals surface area contributed by atoms with E-state index in [-0.39, 0.29) is 23.1 Å². The smallest absolute Gasteiger partial charge is 0.282 e. The predicted octanol–water partition coefficient (Wildman–Crippen LogP) is 2.77. The Morgan fingerprint density at radius 2 is 1.97 bits per heavy atom. The lowest BCUT2D eigenvalue weighted by Gasteiger charge is -2.24. The number of halogens is 1. The van der Waals surface area contributed by atoms with Gasteiger partial charge in [0.05, 0.1) is 11.7 Å². The Kier molecular flexibility index (Phi) is 4.62. The number of anilines is 3. The van der Waals surface area contributed by atoms with Crippen LogP contribution in [0.4, 0.5) is 22.0 Å². The fourth-order valence-corrected chi connectivity index (χ4v) is 3.99. The quantitative estimate of drug-likeness (QED) is 0.453. The standard InChI is InChI=1S/C22H20FN7O2/c1-12(26-20-17-16(31)7-9-25-19(17)27-22(24)28-20)15-11-29-10-8-14(23)18(29)21(32)30(15)13-5-3-2-4-6-13/h2-6,8,10-12H,7,9H2,1H3,(H4,24,25,26,27,28)/t12-/m0/s1. The number of hydrogen-bond donors (Lipinski definition) is 3. The molecule has 4 aromatic rings. The fraction of sp³-hybridized carbons (Fsp3) is 0.182. The number of nitrogens with zero attached hydrogens (tertiary/aromatic N) is 4. The highest BCUT2D eigenvalue weighted by Gasteiger charge is 2.26. The maximum absolute atomic E-state index is 14.3. The molecular weight excluding hydrogens is 413 g/mol. The van der Waals surface area contributed by atoms with Crippen LogP contribution < -0.4 is 21.9 Å². The van der Waals surface area contributed by atoms with E-state index in [0.29, 0.717) is 35.7 Å². The van der Waals surface area contributed by atoms with Crippen molar-refractivity contribution in [3.8, 4) is 5.69 Å². The molecule has 1 aromatic carbocycles. The normalized spacial score (nSPS) is 14.1. The SMILES string of the molecule is C[C@H](Nc1nc(N)nc2c1C(=O)CCN2)c1cn2ccc(F)c2c(=O)n1-c1ccccc1. The Labute approximate surface area is 181 Å². The monoisotopic (exact) mass is 433 g/mol. The second-order valence-electron chi connectivity index (χ2n) is 7.57. The zero-order chi connectivity index (χ0) is 22.4. The van der Waals surface area contributed by atoms with E-state index < -0.39 is 17.4 Å². The van der Waals surface area contributed by atoms with Crippen LogP contribution in [-0.2, 0) is 0 Å². The van der Waals surface area contributed by atoms with Crippen molar-refractivity contribution in [2.24, 2.45) is 0 Å². The molecule has 0 unspecified atom stereocenters. The lowest BCUT2D eigenvalue weighted by Crippen LogP contribution is -2.28. The number of benzene rings is 1. The van der Waals surface area contributed by atoms with Gasteiger partial charge in [-0.05, 0) is 25.1 Å². The van der Waals surface area contributed by atoms with Crippen LogP contribution in [0.3, 0.4) is 0 Å². The number of fused-ring (bicyclic) bond motifs is 2. The Balaban J connectivity index is 1.67. The molecule has 5 rings (SSSR count). The van der Waals surface area contributed by atoms with Gasteiger partial charge in [0.1, 0.15) is 22.7 Å². The van der Waals surface area contributed by atoms with Gasteiger partial charge < -0.3 is 20.8 Å². The first-order chi connectivity index (χ1) is 15.4. The summed E-state index contributed by atoms with van der Waals surface area (Å²) >= 11 is 0. The summed E-state index contributed by atoms with van der Waals surface area (Å²) in [4.78, 5) is 34.2. The van der Waals surface area contributed by atoms with Crippen molar-refractivity contribution >= 4 is 28.9 Å². The van der Waals surface area contributed by atoms with Crippen molar-refractivity contribution in [2.45, 2.75) is 19.4 Å². The van der Waals surface area contributed by atoms with Crippen LogP contribution in [0.2, 0.25) is 0 Å². The van der Waals surface area contributed by atoms with Crippen molar-refractivity contribution in [3.05, 3.63) is 76.2 Å². The maximum Gasteiger partial charge on any atom is 0.282 e. The third-order valence-corrected chi connectivity index (χ3v) is 5.46. The molecule has 9 nitrogen and oxygen atoms in total. The van der Waals surface area contributed by atoms with E-state index in [4.69, 9.17) is 5.73 Å². The van der Waals surface area contributed by atoms with Crippen molar-refractivity contribution < 1.29 is 9.18 Å². The van der Waals surface area contributed by atoms with Gasteiger partial charge in [-0.2, -0.15) is 9.97 Å². The summed E-state index contributed by atoms with van der Waals surface area (Å²) in [5, 5.41) is 6.28. The zero-order valence-electron chi connectivity index (χ0n) is 17.2. The molecule has 1 aliphatic heterocycles.